The second-order valence-corrected chi connectivity index (χ2v) is 8.17. The van der Waals surface area contributed by atoms with Gasteiger partial charge >= 0.3 is 5.97 Å². The van der Waals surface area contributed by atoms with Gasteiger partial charge in [-0.25, -0.2) is 17.6 Å². The highest BCUT2D eigenvalue weighted by Crippen LogP contribution is 2.30. The molecular weight excluding hydrogens is 373 g/mol. The van der Waals surface area contributed by atoms with Gasteiger partial charge in [0, 0.05) is 32.9 Å². The summed E-state index contributed by atoms with van der Waals surface area (Å²) >= 11 is 0. The standard InChI is InChI=1S/C18H22FN3O4S/c1-3-26-18(23)16-10-15(12-21(16)2)27(24,25)22-8-7-20-11-17(22)13-5-4-6-14(19)9-13/h4-6,9-10,12,17,20H,3,7-8,11H2,1-2H3. The lowest BCUT2D eigenvalue weighted by atomic mass is 10.1. The molecule has 1 fully saturated rings. The van der Waals surface area contributed by atoms with E-state index in [1.54, 1.807) is 26.1 Å². The van der Waals surface area contributed by atoms with Crippen LogP contribution < -0.4 is 5.32 Å². The van der Waals surface area contributed by atoms with Crippen molar-refractivity contribution in [3.05, 3.63) is 53.6 Å². The lowest BCUT2D eigenvalue weighted by molar-refractivity contribution is 0.0515. The van der Waals surface area contributed by atoms with Crippen molar-refractivity contribution in [2.45, 2.75) is 17.9 Å². The maximum Gasteiger partial charge on any atom is 0.354 e. The van der Waals surface area contributed by atoms with E-state index >= 15 is 0 Å². The predicted molar refractivity (Wildman–Crippen MR) is 97.3 cm³/mol. The Morgan fingerprint density at radius 1 is 1.37 bits per heavy atom. The van der Waals surface area contributed by atoms with Gasteiger partial charge in [-0.05, 0) is 30.7 Å². The Hall–Kier alpha value is -2.23. The number of carbonyl (C=O) groups is 1. The van der Waals surface area contributed by atoms with Gasteiger partial charge in [-0.1, -0.05) is 12.1 Å². The van der Waals surface area contributed by atoms with Crippen LogP contribution in [0.2, 0.25) is 0 Å². The first-order chi connectivity index (χ1) is 12.8. The molecule has 0 radical (unpaired) electrons. The topological polar surface area (TPSA) is 80.6 Å². The zero-order valence-corrected chi connectivity index (χ0v) is 16.0. The Labute approximate surface area is 157 Å². The smallest absolute Gasteiger partial charge is 0.354 e. The summed E-state index contributed by atoms with van der Waals surface area (Å²) < 4.78 is 47.9. The van der Waals surface area contributed by atoms with Crippen LogP contribution in [0.25, 0.3) is 0 Å². The number of hydrogen-bond donors (Lipinski definition) is 1. The molecular formula is C18H22FN3O4S. The number of esters is 1. The van der Waals surface area contributed by atoms with Crippen LogP contribution in [0, 0.1) is 5.82 Å². The molecule has 0 bridgehead atoms. The van der Waals surface area contributed by atoms with Gasteiger partial charge in [-0.2, -0.15) is 4.31 Å². The van der Waals surface area contributed by atoms with Crippen LogP contribution in [-0.2, 0) is 21.8 Å². The highest BCUT2D eigenvalue weighted by Gasteiger charge is 2.35. The predicted octanol–water partition coefficient (Wildman–Crippen LogP) is 1.68. The minimum Gasteiger partial charge on any atom is -0.461 e. The molecule has 0 amide bonds. The Kier molecular flexibility index (Phi) is 5.64. The number of hydrogen-bond acceptors (Lipinski definition) is 5. The second-order valence-electron chi connectivity index (χ2n) is 6.28. The molecule has 1 saturated heterocycles. The van der Waals surface area contributed by atoms with Crippen LogP contribution in [0.4, 0.5) is 4.39 Å². The van der Waals surface area contributed by atoms with E-state index in [0.29, 0.717) is 18.7 Å². The lowest BCUT2D eigenvalue weighted by Gasteiger charge is -2.35. The molecule has 9 heteroatoms. The third-order valence-electron chi connectivity index (χ3n) is 4.50. The van der Waals surface area contributed by atoms with E-state index < -0.39 is 27.9 Å². The molecule has 27 heavy (non-hydrogen) atoms. The van der Waals surface area contributed by atoms with E-state index in [1.807, 2.05) is 0 Å². The molecule has 1 aliphatic heterocycles. The summed E-state index contributed by atoms with van der Waals surface area (Å²) in [6.07, 6.45) is 1.40. The maximum absolute atomic E-state index is 13.6. The molecule has 0 spiro atoms. The Balaban J connectivity index is 1.97. The van der Waals surface area contributed by atoms with Crippen LogP contribution in [-0.4, -0.2) is 49.5 Å². The number of piperazine rings is 1. The molecule has 1 aromatic carbocycles. The van der Waals surface area contributed by atoms with E-state index in [4.69, 9.17) is 4.74 Å². The largest absolute Gasteiger partial charge is 0.461 e. The van der Waals surface area contributed by atoms with Crippen molar-refractivity contribution in [1.29, 1.82) is 0 Å². The average molecular weight is 395 g/mol. The average Bonchev–Trinajstić information content (AvgIpc) is 3.05. The van der Waals surface area contributed by atoms with E-state index in [0.717, 1.165) is 0 Å². The highest BCUT2D eigenvalue weighted by molar-refractivity contribution is 7.89. The molecule has 0 aliphatic carbocycles. The van der Waals surface area contributed by atoms with E-state index in [-0.39, 0.29) is 23.7 Å². The van der Waals surface area contributed by atoms with Crippen LogP contribution in [0.5, 0.6) is 0 Å². The Bertz CT molecular complexity index is 942. The number of benzene rings is 1. The van der Waals surface area contributed by atoms with E-state index in [2.05, 4.69) is 5.32 Å². The summed E-state index contributed by atoms with van der Waals surface area (Å²) in [5.41, 5.74) is 0.736. The van der Waals surface area contributed by atoms with Crippen molar-refractivity contribution in [3.8, 4) is 0 Å². The number of ether oxygens (including phenoxy) is 1. The summed E-state index contributed by atoms with van der Waals surface area (Å²) in [4.78, 5) is 12.0. The normalized spacial score (nSPS) is 18.4. The van der Waals surface area contributed by atoms with Crippen LogP contribution >= 0.6 is 0 Å². The molecule has 1 aliphatic rings. The van der Waals surface area contributed by atoms with Gasteiger partial charge in [0.25, 0.3) is 0 Å². The SMILES string of the molecule is CCOC(=O)c1cc(S(=O)(=O)N2CCNCC2c2cccc(F)c2)cn1C. The Morgan fingerprint density at radius 2 is 2.15 bits per heavy atom. The summed E-state index contributed by atoms with van der Waals surface area (Å²) in [5.74, 6) is -0.997. The van der Waals surface area contributed by atoms with Gasteiger partial charge < -0.3 is 14.6 Å². The maximum atomic E-state index is 13.6. The summed E-state index contributed by atoms with van der Waals surface area (Å²) in [7, 11) is -2.29. The summed E-state index contributed by atoms with van der Waals surface area (Å²) in [6, 6.07) is 6.71. The van der Waals surface area contributed by atoms with Crippen molar-refractivity contribution in [1.82, 2.24) is 14.2 Å². The second kappa shape index (κ2) is 7.79. The van der Waals surface area contributed by atoms with Crippen molar-refractivity contribution < 1.29 is 22.3 Å². The molecule has 0 saturated carbocycles. The minimum atomic E-state index is -3.88. The number of nitrogens with zero attached hydrogens (tertiary/aromatic N) is 2. The lowest BCUT2D eigenvalue weighted by Crippen LogP contribution is -2.48. The monoisotopic (exact) mass is 395 g/mol. The summed E-state index contributed by atoms with van der Waals surface area (Å²) in [5, 5.41) is 3.15. The minimum absolute atomic E-state index is 0.0105. The van der Waals surface area contributed by atoms with Gasteiger partial charge in [0.2, 0.25) is 10.0 Å². The molecule has 3 rings (SSSR count). The van der Waals surface area contributed by atoms with Gasteiger partial charge in [-0.3, -0.25) is 0 Å². The molecule has 1 atom stereocenters. The first kappa shape index (κ1) is 19.5. The zero-order valence-electron chi connectivity index (χ0n) is 15.2. The fourth-order valence-electron chi connectivity index (χ4n) is 3.19. The fraction of sp³-hybridized carbons (Fsp3) is 0.389. The molecule has 2 aromatic rings. The molecule has 7 nitrogen and oxygen atoms in total. The number of nitrogens with one attached hydrogen (secondary N) is 1. The number of halogens is 1. The van der Waals surface area contributed by atoms with Crippen LogP contribution in [0.15, 0.2) is 41.4 Å². The molecule has 146 valence electrons. The first-order valence-electron chi connectivity index (χ1n) is 8.66. The number of carbonyl (C=O) groups excluding carboxylic acids is 1. The quantitative estimate of drug-likeness (QED) is 0.779. The zero-order chi connectivity index (χ0) is 19.6. The fourth-order valence-corrected chi connectivity index (χ4v) is 4.88. The number of aryl methyl sites for hydroxylation is 1. The van der Waals surface area contributed by atoms with Crippen molar-refractivity contribution in [3.63, 3.8) is 0 Å². The molecule has 1 aromatic heterocycles. The van der Waals surface area contributed by atoms with E-state index in [9.17, 15) is 17.6 Å². The van der Waals surface area contributed by atoms with Crippen molar-refractivity contribution in [2.75, 3.05) is 26.2 Å². The number of sulfonamides is 1. The first-order valence-corrected chi connectivity index (χ1v) is 10.1. The van der Waals surface area contributed by atoms with Gasteiger partial charge in [0.15, 0.2) is 0 Å². The molecule has 1 N–H and O–H groups in total. The van der Waals surface area contributed by atoms with E-state index in [1.165, 1.54) is 33.3 Å². The third-order valence-corrected chi connectivity index (χ3v) is 6.37. The van der Waals surface area contributed by atoms with Crippen LogP contribution in [0.1, 0.15) is 29.0 Å². The van der Waals surface area contributed by atoms with Gasteiger partial charge in [0.05, 0.1) is 12.6 Å². The molecule has 1 unspecified atom stereocenters. The third kappa shape index (κ3) is 3.90. The van der Waals surface area contributed by atoms with Crippen LogP contribution in [0.3, 0.4) is 0 Å². The highest BCUT2D eigenvalue weighted by atomic mass is 32.2. The van der Waals surface area contributed by atoms with Gasteiger partial charge in [-0.15, -0.1) is 0 Å². The van der Waals surface area contributed by atoms with Gasteiger partial charge in [0.1, 0.15) is 16.4 Å². The van der Waals surface area contributed by atoms with Crippen molar-refractivity contribution in [2.24, 2.45) is 7.05 Å². The van der Waals surface area contributed by atoms with Crippen molar-refractivity contribution >= 4 is 16.0 Å². The summed E-state index contributed by atoms with van der Waals surface area (Å²) in [6.45, 7) is 2.99. The Morgan fingerprint density at radius 3 is 2.85 bits per heavy atom. The number of rotatable bonds is 5. The molecule has 2 heterocycles. The number of aromatic nitrogens is 1.